The van der Waals surface area contributed by atoms with Gasteiger partial charge in [-0.25, -0.2) is 8.42 Å². The molecule has 0 amide bonds. The third-order valence-electron chi connectivity index (χ3n) is 3.27. The lowest BCUT2D eigenvalue weighted by Crippen LogP contribution is -2.35. The van der Waals surface area contributed by atoms with Crippen LogP contribution in [-0.2, 0) is 14.6 Å². The maximum absolute atomic E-state index is 11.9. The summed E-state index contributed by atoms with van der Waals surface area (Å²) in [6, 6.07) is 0. The van der Waals surface area contributed by atoms with E-state index in [0.717, 1.165) is 12.8 Å². The Bertz CT molecular complexity index is 375. The van der Waals surface area contributed by atoms with Crippen molar-refractivity contribution < 1.29 is 13.2 Å². The monoisotopic (exact) mass is 259 g/mol. The van der Waals surface area contributed by atoms with E-state index >= 15 is 0 Å². The summed E-state index contributed by atoms with van der Waals surface area (Å²) in [6.07, 6.45) is 5.81. The molecule has 1 fully saturated rings. The lowest BCUT2D eigenvalue weighted by atomic mass is 9.86. The van der Waals surface area contributed by atoms with Crippen LogP contribution >= 0.6 is 0 Å². The van der Waals surface area contributed by atoms with Crippen molar-refractivity contribution in [3.05, 3.63) is 12.7 Å². The molecule has 0 saturated heterocycles. The van der Waals surface area contributed by atoms with E-state index in [9.17, 15) is 13.2 Å². The van der Waals surface area contributed by atoms with Crippen LogP contribution in [0.4, 0.5) is 0 Å². The Kier molecular flexibility index (Phi) is 5.33. The summed E-state index contributed by atoms with van der Waals surface area (Å²) in [4.78, 5) is 11.9. The Hall–Kier alpha value is -0.680. The SMILES string of the molecule is C=CCNCC(=O)C1CCCC(S(C)(=O)=O)C1. The van der Waals surface area contributed by atoms with Crippen LogP contribution in [0.3, 0.4) is 0 Å². The van der Waals surface area contributed by atoms with Gasteiger partial charge < -0.3 is 5.32 Å². The topological polar surface area (TPSA) is 63.2 Å². The highest BCUT2D eigenvalue weighted by atomic mass is 32.2. The maximum atomic E-state index is 11.9. The van der Waals surface area contributed by atoms with Gasteiger partial charge in [-0.3, -0.25) is 4.79 Å². The fraction of sp³-hybridized carbons (Fsp3) is 0.750. The molecule has 0 heterocycles. The molecule has 0 aromatic heterocycles. The highest BCUT2D eigenvalue weighted by Crippen LogP contribution is 2.28. The molecule has 1 aliphatic rings. The Balaban J connectivity index is 2.49. The number of carbonyl (C=O) groups is 1. The van der Waals surface area contributed by atoms with Crippen LogP contribution in [0, 0.1) is 5.92 Å². The number of sulfone groups is 1. The van der Waals surface area contributed by atoms with Crippen molar-refractivity contribution in [1.82, 2.24) is 5.32 Å². The van der Waals surface area contributed by atoms with Gasteiger partial charge in [-0.2, -0.15) is 0 Å². The number of Topliss-reactive ketones (excluding diaryl/α,β-unsaturated/α-hetero) is 1. The third-order valence-corrected chi connectivity index (χ3v) is 4.91. The zero-order chi connectivity index (χ0) is 12.9. The molecule has 0 aliphatic heterocycles. The first-order valence-electron chi connectivity index (χ1n) is 5.98. The van der Waals surface area contributed by atoms with Crippen molar-refractivity contribution in [2.24, 2.45) is 5.92 Å². The Morgan fingerprint density at radius 2 is 2.18 bits per heavy atom. The average Bonchev–Trinajstić information content (AvgIpc) is 2.28. The second-order valence-corrected chi connectivity index (χ2v) is 7.03. The second-order valence-electron chi connectivity index (χ2n) is 4.70. The predicted molar refractivity (Wildman–Crippen MR) is 68.7 cm³/mol. The van der Waals surface area contributed by atoms with Crippen LogP contribution in [0.15, 0.2) is 12.7 Å². The van der Waals surface area contributed by atoms with Gasteiger partial charge in [-0.05, 0) is 19.3 Å². The normalized spacial score (nSPS) is 25.5. The number of ketones is 1. The zero-order valence-corrected chi connectivity index (χ0v) is 11.1. The van der Waals surface area contributed by atoms with Gasteiger partial charge in [-0.15, -0.1) is 6.58 Å². The Morgan fingerprint density at radius 3 is 2.76 bits per heavy atom. The van der Waals surface area contributed by atoms with Crippen molar-refractivity contribution in [3.8, 4) is 0 Å². The summed E-state index contributed by atoms with van der Waals surface area (Å²) in [5.41, 5.74) is 0. The van der Waals surface area contributed by atoms with Crippen molar-refractivity contribution in [2.75, 3.05) is 19.3 Å². The number of carbonyl (C=O) groups excluding carboxylic acids is 1. The molecule has 1 aliphatic carbocycles. The van der Waals surface area contributed by atoms with Crippen LogP contribution in [0.2, 0.25) is 0 Å². The molecule has 2 atom stereocenters. The van der Waals surface area contributed by atoms with Crippen molar-refractivity contribution in [3.63, 3.8) is 0 Å². The summed E-state index contributed by atoms with van der Waals surface area (Å²) in [7, 11) is -3.01. The molecule has 98 valence electrons. The van der Waals surface area contributed by atoms with Gasteiger partial charge in [0, 0.05) is 18.7 Å². The fourth-order valence-corrected chi connectivity index (χ4v) is 3.44. The van der Waals surface area contributed by atoms with Gasteiger partial charge in [-0.1, -0.05) is 12.5 Å². The van der Waals surface area contributed by atoms with Crippen LogP contribution in [0.25, 0.3) is 0 Å². The molecule has 1 rings (SSSR count). The van der Waals surface area contributed by atoms with E-state index in [1.165, 1.54) is 6.26 Å². The van der Waals surface area contributed by atoms with Crippen LogP contribution in [0.1, 0.15) is 25.7 Å². The molecule has 0 aromatic carbocycles. The van der Waals surface area contributed by atoms with E-state index in [1.807, 2.05) is 0 Å². The number of rotatable bonds is 6. The van der Waals surface area contributed by atoms with Crippen molar-refractivity contribution in [2.45, 2.75) is 30.9 Å². The fourth-order valence-electron chi connectivity index (χ4n) is 2.27. The molecule has 0 bridgehead atoms. The summed E-state index contributed by atoms with van der Waals surface area (Å²) in [5, 5.41) is 2.64. The second kappa shape index (κ2) is 6.31. The minimum atomic E-state index is -3.01. The number of nitrogens with one attached hydrogen (secondary N) is 1. The number of hydrogen-bond acceptors (Lipinski definition) is 4. The first-order chi connectivity index (χ1) is 7.95. The molecule has 4 nitrogen and oxygen atoms in total. The van der Waals surface area contributed by atoms with E-state index in [0.29, 0.717) is 25.9 Å². The number of hydrogen-bond donors (Lipinski definition) is 1. The molecule has 17 heavy (non-hydrogen) atoms. The van der Waals surface area contributed by atoms with E-state index < -0.39 is 9.84 Å². The van der Waals surface area contributed by atoms with Gasteiger partial charge in [0.25, 0.3) is 0 Å². The summed E-state index contributed by atoms with van der Waals surface area (Å²) < 4.78 is 22.9. The Morgan fingerprint density at radius 1 is 1.47 bits per heavy atom. The zero-order valence-electron chi connectivity index (χ0n) is 10.3. The van der Waals surface area contributed by atoms with Crippen molar-refractivity contribution in [1.29, 1.82) is 0 Å². The van der Waals surface area contributed by atoms with Gasteiger partial charge in [0.2, 0.25) is 0 Å². The molecule has 1 saturated carbocycles. The summed E-state index contributed by atoms with van der Waals surface area (Å²) in [5.74, 6) is 0.0287. The van der Waals surface area contributed by atoms with Crippen LogP contribution in [0.5, 0.6) is 0 Å². The molecule has 2 unspecified atom stereocenters. The standard InChI is InChI=1S/C12H21NO3S/c1-3-7-13-9-12(14)10-5-4-6-11(8-10)17(2,15)16/h3,10-11,13H,1,4-9H2,2H3. The largest absolute Gasteiger partial charge is 0.307 e. The lowest BCUT2D eigenvalue weighted by Gasteiger charge is -2.27. The first-order valence-corrected chi connectivity index (χ1v) is 7.93. The predicted octanol–water partition coefficient (Wildman–Crippen LogP) is 0.934. The van der Waals surface area contributed by atoms with Crippen molar-refractivity contribution >= 4 is 15.6 Å². The molecule has 5 heteroatoms. The van der Waals surface area contributed by atoms with Gasteiger partial charge >= 0.3 is 0 Å². The molecule has 0 radical (unpaired) electrons. The molecule has 1 N–H and O–H groups in total. The smallest absolute Gasteiger partial charge is 0.150 e. The third kappa shape index (κ3) is 4.60. The average molecular weight is 259 g/mol. The summed E-state index contributed by atoms with van der Waals surface area (Å²) in [6.45, 7) is 4.48. The van der Waals surface area contributed by atoms with Gasteiger partial charge in [0.15, 0.2) is 0 Å². The van der Waals surface area contributed by atoms with Gasteiger partial charge in [0.1, 0.15) is 15.6 Å². The van der Waals surface area contributed by atoms with E-state index in [-0.39, 0.29) is 17.0 Å². The van der Waals surface area contributed by atoms with Crippen LogP contribution in [-0.4, -0.2) is 38.8 Å². The highest BCUT2D eigenvalue weighted by Gasteiger charge is 2.31. The first kappa shape index (κ1) is 14.4. The van der Waals surface area contributed by atoms with E-state index in [4.69, 9.17) is 0 Å². The molecular weight excluding hydrogens is 238 g/mol. The van der Waals surface area contributed by atoms with E-state index in [2.05, 4.69) is 11.9 Å². The highest BCUT2D eigenvalue weighted by molar-refractivity contribution is 7.91. The Labute approximate surface area is 103 Å². The minimum Gasteiger partial charge on any atom is -0.307 e. The lowest BCUT2D eigenvalue weighted by molar-refractivity contribution is -0.122. The molecule has 0 spiro atoms. The molecule has 0 aromatic rings. The van der Waals surface area contributed by atoms with E-state index in [1.54, 1.807) is 6.08 Å². The van der Waals surface area contributed by atoms with Gasteiger partial charge in [0.05, 0.1) is 11.8 Å². The minimum absolute atomic E-state index is 0.0965. The van der Waals surface area contributed by atoms with Crippen LogP contribution < -0.4 is 5.32 Å². The summed E-state index contributed by atoms with van der Waals surface area (Å²) >= 11 is 0. The maximum Gasteiger partial charge on any atom is 0.150 e. The molecular formula is C12H21NO3S. The quantitative estimate of drug-likeness (QED) is 0.569.